The maximum absolute atomic E-state index is 12.4. The molecule has 0 saturated carbocycles. The quantitative estimate of drug-likeness (QED) is 0.739. The number of sulfonamides is 1. The third kappa shape index (κ3) is 4.94. The van der Waals surface area contributed by atoms with Crippen LogP contribution in [0.25, 0.3) is 0 Å². The standard InChI is InChI=1S/C16H15Cl3N2O4S/c1-25-14-7-6-10(8-13(14)19)21(26(2,23)24)9-15(22)20-16-11(17)4-3-5-12(16)18/h3-8H,9H2,1-2H3,(H,20,22). The van der Waals surface area contributed by atoms with Gasteiger partial charge in [-0.2, -0.15) is 0 Å². The van der Waals surface area contributed by atoms with Gasteiger partial charge in [0, 0.05) is 0 Å². The van der Waals surface area contributed by atoms with Crippen LogP contribution in [0.1, 0.15) is 0 Å². The number of amides is 1. The average Bonchev–Trinajstić information content (AvgIpc) is 2.55. The summed E-state index contributed by atoms with van der Waals surface area (Å²) in [6.07, 6.45) is 0.987. The zero-order valence-electron chi connectivity index (χ0n) is 13.8. The highest BCUT2D eigenvalue weighted by molar-refractivity contribution is 7.92. The van der Waals surface area contributed by atoms with Crippen molar-refractivity contribution >= 4 is 62.1 Å². The molecule has 0 heterocycles. The van der Waals surface area contributed by atoms with E-state index in [9.17, 15) is 13.2 Å². The molecule has 6 nitrogen and oxygen atoms in total. The summed E-state index contributed by atoms with van der Waals surface area (Å²) in [5.74, 6) is -0.228. The first-order valence-electron chi connectivity index (χ1n) is 7.18. The number of para-hydroxylation sites is 1. The Balaban J connectivity index is 2.29. The van der Waals surface area contributed by atoms with Crippen molar-refractivity contribution < 1.29 is 17.9 Å². The van der Waals surface area contributed by atoms with E-state index in [1.807, 2.05) is 0 Å². The molecule has 0 aliphatic rings. The van der Waals surface area contributed by atoms with E-state index in [0.717, 1.165) is 10.6 Å². The van der Waals surface area contributed by atoms with Crippen molar-refractivity contribution in [3.05, 3.63) is 51.5 Å². The molecule has 0 spiro atoms. The number of methoxy groups -OCH3 is 1. The Morgan fingerprint density at radius 3 is 2.23 bits per heavy atom. The third-order valence-corrected chi connectivity index (χ3v) is 5.40. The fourth-order valence-electron chi connectivity index (χ4n) is 2.14. The number of nitrogens with one attached hydrogen (secondary N) is 1. The number of carbonyl (C=O) groups excluding carboxylic acids is 1. The highest BCUT2D eigenvalue weighted by atomic mass is 35.5. The van der Waals surface area contributed by atoms with Crippen molar-refractivity contribution in [1.82, 2.24) is 0 Å². The molecule has 10 heteroatoms. The van der Waals surface area contributed by atoms with E-state index in [-0.39, 0.29) is 26.4 Å². The van der Waals surface area contributed by atoms with Crippen LogP contribution in [0.2, 0.25) is 15.1 Å². The van der Waals surface area contributed by atoms with Crippen LogP contribution in [0.3, 0.4) is 0 Å². The van der Waals surface area contributed by atoms with Gasteiger partial charge >= 0.3 is 0 Å². The lowest BCUT2D eigenvalue weighted by Crippen LogP contribution is -2.37. The second-order valence-corrected chi connectivity index (χ2v) is 8.36. The van der Waals surface area contributed by atoms with Crippen LogP contribution in [0, 0.1) is 0 Å². The molecule has 2 aromatic carbocycles. The number of nitrogens with zero attached hydrogens (tertiary/aromatic N) is 1. The molecule has 0 unspecified atom stereocenters. The summed E-state index contributed by atoms with van der Waals surface area (Å²) in [5, 5.41) is 3.22. The third-order valence-electron chi connectivity index (χ3n) is 3.34. The zero-order chi connectivity index (χ0) is 19.5. The molecule has 0 fully saturated rings. The van der Waals surface area contributed by atoms with Crippen LogP contribution in [-0.4, -0.2) is 34.2 Å². The second-order valence-electron chi connectivity index (χ2n) is 5.23. The van der Waals surface area contributed by atoms with E-state index in [0.29, 0.717) is 5.75 Å². The molecule has 140 valence electrons. The summed E-state index contributed by atoms with van der Waals surface area (Å²) in [4.78, 5) is 12.4. The number of ether oxygens (including phenoxy) is 1. The highest BCUT2D eigenvalue weighted by Crippen LogP contribution is 2.31. The van der Waals surface area contributed by atoms with Gasteiger partial charge in [-0.25, -0.2) is 8.42 Å². The Morgan fingerprint density at radius 1 is 1.12 bits per heavy atom. The molecule has 0 saturated heterocycles. The van der Waals surface area contributed by atoms with E-state index in [1.165, 1.54) is 25.3 Å². The Morgan fingerprint density at radius 2 is 1.73 bits per heavy atom. The van der Waals surface area contributed by atoms with E-state index >= 15 is 0 Å². The molecular formula is C16H15Cl3N2O4S. The van der Waals surface area contributed by atoms with E-state index in [2.05, 4.69) is 5.32 Å². The SMILES string of the molecule is COc1ccc(N(CC(=O)Nc2c(Cl)cccc2Cl)S(C)(=O)=O)cc1Cl. The minimum Gasteiger partial charge on any atom is -0.495 e. The summed E-state index contributed by atoms with van der Waals surface area (Å²) in [7, 11) is -2.31. The predicted molar refractivity (Wildman–Crippen MR) is 105 cm³/mol. The molecule has 0 aliphatic heterocycles. The lowest BCUT2D eigenvalue weighted by Gasteiger charge is -2.22. The van der Waals surface area contributed by atoms with Crippen molar-refractivity contribution in [2.45, 2.75) is 0 Å². The fourth-order valence-corrected chi connectivity index (χ4v) is 3.73. The number of hydrogen-bond acceptors (Lipinski definition) is 4. The normalized spacial score (nSPS) is 11.1. The maximum atomic E-state index is 12.4. The molecule has 2 rings (SSSR count). The maximum Gasteiger partial charge on any atom is 0.245 e. The summed E-state index contributed by atoms with van der Waals surface area (Å²) in [6.45, 7) is -0.483. The topological polar surface area (TPSA) is 75.7 Å². The van der Waals surface area contributed by atoms with Gasteiger partial charge in [0.1, 0.15) is 12.3 Å². The zero-order valence-corrected chi connectivity index (χ0v) is 16.9. The average molecular weight is 438 g/mol. The molecule has 0 radical (unpaired) electrons. The Labute approximate surface area is 166 Å². The van der Waals surface area contributed by atoms with Crippen molar-refractivity contribution in [2.24, 2.45) is 0 Å². The van der Waals surface area contributed by atoms with Gasteiger partial charge in [-0.15, -0.1) is 0 Å². The number of halogens is 3. The number of rotatable bonds is 6. The molecule has 2 aromatic rings. The van der Waals surface area contributed by atoms with Crippen LogP contribution in [-0.2, 0) is 14.8 Å². The Hall–Kier alpha value is -1.67. The largest absolute Gasteiger partial charge is 0.495 e. The number of carbonyl (C=O) groups is 1. The van der Waals surface area contributed by atoms with Gasteiger partial charge in [-0.05, 0) is 30.3 Å². The minimum atomic E-state index is -3.75. The van der Waals surface area contributed by atoms with Gasteiger partial charge in [0.25, 0.3) is 0 Å². The van der Waals surface area contributed by atoms with Crippen LogP contribution in [0.4, 0.5) is 11.4 Å². The lowest BCUT2D eigenvalue weighted by atomic mass is 10.3. The fraction of sp³-hybridized carbons (Fsp3) is 0.188. The molecule has 0 aliphatic carbocycles. The number of anilines is 2. The molecule has 1 N–H and O–H groups in total. The van der Waals surface area contributed by atoms with Gasteiger partial charge in [-0.3, -0.25) is 9.10 Å². The first-order chi connectivity index (χ1) is 12.1. The van der Waals surface area contributed by atoms with Gasteiger partial charge < -0.3 is 10.1 Å². The Kier molecular flexibility index (Phi) is 6.63. The molecule has 0 bridgehead atoms. The summed E-state index contributed by atoms with van der Waals surface area (Å²) in [5.41, 5.74) is 0.431. The van der Waals surface area contributed by atoms with Crippen LogP contribution < -0.4 is 14.4 Å². The summed E-state index contributed by atoms with van der Waals surface area (Å²) in [6, 6.07) is 9.14. The second kappa shape index (κ2) is 8.35. The summed E-state index contributed by atoms with van der Waals surface area (Å²) >= 11 is 18.1. The van der Waals surface area contributed by atoms with Crippen molar-refractivity contribution in [3.8, 4) is 5.75 Å². The monoisotopic (exact) mass is 436 g/mol. The van der Waals surface area contributed by atoms with E-state index in [4.69, 9.17) is 39.5 Å². The van der Waals surface area contributed by atoms with E-state index in [1.54, 1.807) is 18.2 Å². The van der Waals surface area contributed by atoms with Crippen LogP contribution in [0.5, 0.6) is 5.75 Å². The van der Waals surface area contributed by atoms with Gasteiger partial charge in [0.2, 0.25) is 15.9 Å². The van der Waals surface area contributed by atoms with Crippen LogP contribution >= 0.6 is 34.8 Å². The smallest absolute Gasteiger partial charge is 0.245 e. The predicted octanol–water partition coefficient (Wildman–Crippen LogP) is 4.06. The molecule has 26 heavy (non-hydrogen) atoms. The summed E-state index contributed by atoms with van der Waals surface area (Å²) < 4.78 is 30.2. The van der Waals surface area contributed by atoms with Crippen LogP contribution in [0.15, 0.2) is 36.4 Å². The first kappa shape index (κ1) is 20.6. The highest BCUT2D eigenvalue weighted by Gasteiger charge is 2.22. The molecule has 0 aromatic heterocycles. The van der Waals surface area contributed by atoms with Crippen molar-refractivity contribution in [2.75, 3.05) is 29.5 Å². The van der Waals surface area contributed by atoms with Gasteiger partial charge in [0.15, 0.2) is 0 Å². The molecular weight excluding hydrogens is 423 g/mol. The molecule has 0 atom stereocenters. The Bertz CT molecular complexity index is 915. The number of hydrogen-bond donors (Lipinski definition) is 1. The van der Waals surface area contributed by atoms with Gasteiger partial charge in [-0.1, -0.05) is 40.9 Å². The molecule has 1 amide bonds. The lowest BCUT2D eigenvalue weighted by molar-refractivity contribution is -0.114. The minimum absolute atomic E-state index is 0.210. The van der Waals surface area contributed by atoms with E-state index < -0.39 is 22.5 Å². The number of benzene rings is 2. The first-order valence-corrected chi connectivity index (χ1v) is 10.2. The van der Waals surface area contributed by atoms with Crippen molar-refractivity contribution in [1.29, 1.82) is 0 Å². The van der Waals surface area contributed by atoms with Crippen molar-refractivity contribution in [3.63, 3.8) is 0 Å². The van der Waals surface area contributed by atoms with Gasteiger partial charge in [0.05, 0.1) is 39.8 Å².